The number of thiazole rings is 1. The van der Waals surface area contributed by atoms with Gasteiger partial charge in [0.1, 0.15) is 12.4 Å². The van der Waals surface area contributed by atoms with E-state index in [1.807, 2.05) is 0 Å². The Balaban J connectivity index is 0.00000280. The number of nitrogens with zero attached hydrogens (tertiary/aromatic N) is 1. The molecule has 0 saturated heterocycles. The van der Waals surface area contributed by atoms with E-state index in [4.69, 9.17) is 16.3 Å². The van der Waals surface area contributed by atoms with Crippen molar-refractivity contribution in [2.24, 2.45) is 0 Å². The Bertz CT molecular complexity index is 1020. The molecular formula is C18H10ClF3NNaO3S. The predicted octanol–water partition coefficient (Wildman–Crippen LogP) is 0.751. The van der Waals surface area contributed by atoms with E-state index in [9.17, 15) is 23.1 Å². The van der Waals surface area contributed by atoms with Gasteiger partial charge in [0.25, 0.3) is 0 Å². The number of ether oxygens (including phenoxy) is 1. The fourth-order valence-electron chi connectivity index (χ4n) is 2.31. The minimum absolute atomic E-state index is 0. The van der Waals surface area contributed by atoms with Gasteiger partial charge >= 0.3 is 29.6 Å². The van der Waals surface area contributed by atoms with Gasteiger partial charge in [-0.25, -0.2) is 18.2 Å². The van der Waals surface area contributed by atoms with Crippen LogP contribution in [0.2, 0.25) is 5.02 Å². The topological polar surface area (TPSA) is 62.2 Å². The molecule has 10 heteroatoms. The standard InChI is InChI=1S/C18H11ClF3NO3S.Na/c19-11-2-4-14(26-7-9-1-3-12(20)17(22)16(9)21)10(5-11)6-15-23-13(8-27-15)18(24)25;/h1-5,8H,6-7H2,(H,24,25);/q;+1/p-1. The SMILES string of the molecule is O=C([O-])c1csc(Cc2cc(Cl)ccc2OCc2ccc(F)c(F)c2F)n1.[Na+]. The summed E-state index contributed by atoms with van der Waals surface area (Å²) in [5.74, 6) is -5.22. The van der Waals surface area contributed by atoms with E-state index in [0.29, 0.717) is 21.3 Å². The largest absolute Gasteiger partial charge is 1.00 e. The number of aromatic nitrogens is 1. The van der Waals surface area contributed by atoms with Crippen LogP contribution in [0.5, 0.6) is 5.75 Å². The zero-order chi connectivity index (χ0) is 19.6. The second-order valence-corrected chi connectivity index (χ2v) is 6.85. The van der Waals surface area contributed by atoms with Crippen LogP contribution in [0, 0.1) is 17.5 Å². The first kappa shape index (κ1) is 22.7. The minimum atomic E-state index is -1.56. The van der Waals surface area contributed by atoms with Crippen molar-refractivity contribution >= 4 is 28.9 Å². The van der Waals surface area contributed by atoms with Crippen LogP contribution in [-0.2, 0) is 13.0 Å². The van der Waals surface area contributed by atoms with E-state index >= 15 is 0 Å². The molecule has 140 valence electrons. The first-order valence-corrected chi connectivity index (χ1v) is 8.80. The molecule has 3 rings (SSSR count). The summed E-state index contributed by atoms with van der Waals surface area (Å²) >= 11 is 7.12. The molecule has 1 aromatic heterocycles. The van der Waals surface area contributed by atoms with E-state index in [1.165, 1.54) is 5.38 Å². The monoisotopic (exact) mass is 435 g/mol. The number of carbonyl (C=O) groups is 1. The Kier molecular flexibility index (Phi) is 7.91. The Labute approximate surface area is 189 Å². The van der Waals surface area contributed by atoms with Gasteiger partial charge in [-0.3, -0.25) is 0 Å². The number of benzene rings is 2. The Morgan fingerprint density at radius 1 is 1.14 bits per heavy atom. The molecule has 0 atom stereocenters. The molecule has 0 saturated carbocycles. The average molecular weight is 436 g/mol. The zero-order valence-electron chi connectivity index (χ0n) is 14.5. The Hall–Kier alpha value is -1.58. The third-order valence-electron chi connectivity index (χ3n) is 3.62. The van der Waals surface area contributed by atoms with E-state index in [2.05, 4.69) is 4.98 Å². The minimum Gasteiger partial charge on any atom is -0.543 e. The molecule has 0 aliphatic rings. The molecule has 0 aliphatic heterocycles. The van der Waals surface area contributed by atoms with E-state index in [-0.39, 0.29) is 53.8 Å². The quantitative estimate of drug-likeness (QED) is 0.423. The van der Waals surface area contributed by atoms with E-state index < -0.39 is 23.4 Å². The van der Waals surface area contributed by atoms with Crippen molar-refractivity contribution in [3.8, 4) is 5.75 Å². The van der Waals surface area contributed by atoms with Crippen molar-refractivity contribution in [2.45, 2.75) is 13.0 Å². The number of rotatable bonds is 6. The molecule has 0 unspecified atom stereocenters. The summed E-state index contributed by atoms with van der Waals surface area (Å²) in [7, 11) is 0. The molecule has 0 aliphatic carbocycles. The zero-order valence-corrected chi connectivity index (χ0v) is 18.0. The van der Waals surface area contributed by atoms with Crippen LogP contribution in [0.3, 0.4) is 0 Å². The molecule has 4 nitrogen and oxygen atoms in total. The van der Waals surface area contributed by atoms with Crippen molar-refractivity contribution in [3.63, 3.8) is 0 Å². The first-order valence-electron chi connectivity index (χ1n) is 7.54. The molecule has 2 aromatic carbocycles. The van der Waals surface area contributed by atoms with Crippen LogP contribution in [-0.4, -0.2) is 11.0 Å². The van der Waals surface area contributed by atoms with Crippen LogP contribution in [0.25, 0.3) is 0 Å². The molecule has 3 aromatic rings. The summed E-state index contributed by atoms with van der Waals surface area (Å²) in [6.07, 6.45) is 0.216. The van der Waals surface area contributed by atoms with Crippen LogP contribution < -0.4 is 39.4 Å². The molecule has 0 radical (unpaired) electrons. The van der Waals surface area contributed by atoms with Gasteiger partial charge in [0.05, 0.1) is 16.7 Å². The van der Waals surface area contributed by atoms with Gasteiger partial charge in [-0.15, -0.1) is 11.3 Å². The number of aromatic carboxylic acids is 1. The molecule has 0 amide bonds. The van der Waals surface area contributed by atoms with Gasteiger partial charge in [0.2, 0.25) is 0 Å². The maximum Gasteiger partial charge on any atom is 1.00 e. The summed E-state index contributed by atoms with van der Waals surface area (Å²) in [5.41, 5.74) is 0.247. The third-order valence-corrected chi connectivity index (χ3v) is 4.71. The van der Waals surface area contributed by atoms with Crippen molar-refractivity contribution in [1.82, 2.24) is 4.98 Å². The maximum atomic E-state index is 13.8. The third kappa shape index (κ3) is 5.27. The number of carbonyl (C=O) groups excluding carboxylic acids is 1. The van der Waals surface area contributed by atoms with E-state index in [0.717, 1.165) is 23.5 Å². The number of carboxylic acid groups (broad SMARTS) is 1. The summed E-state index contributed by atoms with van der Waals surface area (Å²) < 4.78 is 45.6. The second-order valence-electron chi connectivity index (χ2n) is 5.47. The Morgan fingerprint density at radius 2 is 1.89 bits per heavy atom. The molecule has 0 spiro atoms. The molecule has 1 heterocycles. The number of hydrogen-bond donors (Lipinski definition) is 0. The fraction of sp³-hybridized carbons (Fsp3) is 0.111. The second kappa shape index (κ2) is 9.76. The van der Waals surface area contributed by atoms with Crippen LogP contribution in [0.15, 0.2) is 35.7 Å². The normalized spacial score (nSPS) is 10.4. The summed E-state index contributed by atoms with van der Waals surface area (Å²) in [5, 5.41) is 13.1. The van der Waals surface area contributed by atoms with Crippen molar-refractivity contribution in [3.05, 3.63) is 80.0 Å². The van der Waals surface area contributed by atoms with Crippen LogP contribution >= 0.6 is 22.9 Å². The average Bonchev–Trinajstić information content (AvgIpc) is 3.09. The Morgan fingerprint density at radius 3 is 2.57 bits per heavy atom. The van der Waals surface area contributed by atoms with E-state index in [1.54, 1.807) is 18.2 Å². The van der Waals surface area contributed by atoms with Crippen LogP contribution in [0.4, 0.5) is 13.2 Å². The van der Waals surface area contributed by atoms with Gasteiger partial charge < -0.3 is 14.6 Å². The van der Waals surface area contributed by atoms with Gasteiger partial charge in [-0.2, -0.15) is 0 Å². The number of halogens is 4. The smallest absolute Gasteiger partial charge is 0.543 e. The number of hydrogen-bond acceptors (Lipinski definition) is 5. The molecule has 0 bridgehead atoms. The van der Waals surface area contributed by atoms with Crippen molar-refractivity contribution in [2.75, 3.05) is 0 Å². The van der Waals surface area contributed by atoms with Gasteiger partial charge in [0.15, 0.2) is 17.5 Å². The predicted molar refractivity (Wildman–Crippen MR) is 91.4 cm³/mol. The molecule has 28 heavy (non-hydrogen) atoms. The first-order chi connectivity index (χ1) is 12.8. The summed E-state index contributed by atoms with van der Waals surface area (Å²) in [6, 6.07) is 6.60. The van der Waals surface area contributed by atoms with Gasteiger partial charge in [0, 0.05) is 28.0 Å². The summed E-state index contributed by atoms with van der Waals surface area (Å²) in [6.45, 7) is -0.334. The van der Waals surface area contributed by atoms with Gasteiger partial charge in [-0.1, -0.05) is 11.6 Å². The maximum absolute atomic E-state index is 13.8. The molecular weight excluding hydrogens is 426 g/mol. The summed E-state index contributed by atoms with van der Waals surface area (Å²) in [4.78, 5) is 14.8. The fourth-order valence-corrected chi connectivity index (χ4v) is 3.29. The molecule has 0 fully saturated rings. The molecule has 0 N–H and O–H groups in total. The van der Waals surface area contributed by atoms with Crippen molar-refractivity contribution < 1.29 is 57.4 Å². The van der Waals surface area contributed by atoms with Crippen molar-refractivity contribution in [1.29, 1.82) is 0 Å². The van der Waals surface area contributed by atoms with Crippen LogP contribution in [0.1, 0.15) is 26.6 Å². The van der Waals surface area contributed by atoms with Gasteiger partial charge in [-0.05, 0) is 30.3 Å². The number of carboxylic acids is 1.